The van der Waals surface area contributed by atoms with E-state index >= 15 is 0 Å². The van der Waals surface area contributed by atoms with Crippen LogP contribution in [-0.4, -0.2) is 16.3 Å². The van der Waals surface area contributed by atoms with E-state index in [4.69, 9.17) is 0 Å². The van der Waals surface area contributed by atoms with Gasteiger partial charge in [-0.05, 0) is 50.1 Å². The summed E-state index contributed by atoms with van der Waals surface area (Å²) in [5, 5.41) is 7.72. The van der Waals surface area contributed by atoms with E-state index in [0.29, 0.717) is 5.56 Å². The van der Waals surface area contributed by atoms with E-state index in [0.717, 1.165) is 37.2 Å². The molecule has 1 aromatic heterocycles. The monoisotopic (exact) mass is 289 g/mol. The Labute approximate surface area is 126 Å². The van der Waals surface area contributed by atoms with Gasteiger partial charge < -0.3 is 5.32 Å². The molecule has 0 amide bonds. The number of hydrogen-bond acceptors (Lipinski definition) is 2. The van der Waals surface area contributed by atoms with Crippen molar-refractivity contribution in [2.75, 3.05) is 6.54 Å². The smallest absolute Gasteiger partial charge is 0.132 e. The van der Waals surface area contributed by atoms with Gasteiger partial charge in [0.25, 0.3) is 0 Å². The highest BCUT2D eigenvalue weighted by Crippen LogP contribution is 2.26. The maximum atomic E-state index is 14.2. The molecule has 0 fully saturated rings. The summed E-state index contributed by atoms with van der Waals surface area (Å²) >= 11 is 0. The van der Waals surface area contributed by atoms with E-state index in [9.17, 15) is 4.39 Å². The van der Waals surface area contributed by atoms with Crippen LogP contribution >= 0.6 is 0 Å². The number of hydrogen-bond donors (Lipinski definition) is 1. The molecule has 0 radical (unpaired) electrons. The van der Waals surface area contributed by atoms with E-state index < -0.39 is 0 Å². The first-order valence-corrected chi connectivity index (χ1v) is 7.72. The van der Waals surface area contributed by atoms with Crippen molar-refractivity contribution in [3.8, 4) is 11.3 Å². The van der Waals surface area contributed by atoms with Gasteiger partial charge in [-0.15, -0.1) is 0 Å². The average Bonchev–Trinajstić information content (AvgIpc) is 2.94. The zero-order valence-corrected chi connectivity index (χ0v) is 13.1. The molecule has 1 atom stereocenters. The fourth-order valence-corrected chi connectivity index (χ4v) is 2.44. The van der Waals surface area contributed by atoms with E-state index in [1.165, 1.54) is 0 Å². The van der Waals surface area contributed by atoms with Crippen LogP contribution in [-0.2, 0) is 6.54 Å². The minimum Gasteiger partial charge on any atom is -0.310 e. The lowest BCUT2D eigenvalue weighted by Gasteiger charge is -2.15. The number of aromatic nitrogens is 2. The molecular weight excluding hydrogens is 265 g/mol. The van der Waals surface area contributed by atoms with Gasteiger partial charge >= 0.3 is 0 Å². The molecule has 21 heavy (non-hydrogen) atoms. The molecule has 0 saturated carbocycles. The molecule has 3 nitrogen and oxygen atoms in total. The second-order valence-corrected chi connectivity index (χ2v) is 5.35. The Morgan fingerprint density at radius 1 is 1.24 bits per heavy atom. The average molecular weight is 289 g/mol. The van der Waals surface area contributed by atoms with E-state index in [2.05, 4.69) is 31.2 Å². The molecule has 1 unspecified atom stereocenters. The summed E-state index contributed by atoms with van der Waals surface area (Å²) in [7, 11) is 0. The van der Waals surface area contributed by atoms with Crippen molar-refractivity contribution in [3.63, 3.8) is 0 Å². The molecule has 0 spiro atoms. The van der Waals surface area contributed by atoms with Crippen LogP contribution < -0.4 is 5.32 Å². The summed E-state index contributed by atoms with van der Waals surface area (Å²) in [6.07, 6.45) is 3.79. The highest BCUT2D eigenvalue weighted by Gasteiger charge is 2.13. The Balaban J connectivity index is 2.32. The molecule has 1 aromatic carbocycles. The molecule has 2 rings (SSSR count). The lowest BCUT2D eigenvalue weighted by atomic mass is 10.0. The Morgan fingerprint density at radius 2 is 2.05 bits per heavy atom. The standard InChI is InChI=1S/C17H24FN3/c1-4-9-19-13(3)14-6-7-16(18)15(12-14)17-8-10-20-21(17)11-5-2/h6-8,10,12-13,19H,4-5,9,11H2,1-3H3. The van der Waals surface area contributed by atoms with Crippen LogP contribution in [0.25, 0.3) is 11.3 Å². The zero-order chi connectivity index (χ0) is 15.2. The molecular formula is C17H24FN3. The topological polar surface area (TPSA) is 29.9 Å². The first kappa shape index (κ1) is 15.7. The van der Waals surface area contributed by atoms with Gasteiger partial charge in [-0.2, -0.15) is 5.10 Å². The van der Waals surface area contributed by atoms with E-state index in [-0.39, 0.29) is 11.9 Å². The lowest BCUT2D eigenvalue weighted by molar-refractivity contribution is 0.567. The van der Waals surface area contributed by atoms with Crippen LogP contribution in [0.4, 0.5) is 4.39 Å². The Hall–Kier alpha value is -1.68. The van der Waals surface area contributed by atoms with Crippen LogP contribution in [0.5, 0.6) is 0 Å². The molecule has 0 bridgehead atoms. The van der Waals surface area contributed by atoms with Crippen LogP contribution in [0.1, 0.15) is 45.2 Å². The number of benzene rings is 1. The first-order chi connectivity index (χ1) is 10.2. The van der Waals surface area contributed by atoms with Crippen molar-refractivity contribution in [1.82, 2.24) is 15.1 Å². The fraction of sp³-hybridized carbons (Fsp3) is 0.471. The van der Waals surface area contributed by atoms with Crippen molar-refractivity contribution in [3.05, 3.63) is 41.8 Å². The Morgan fingerprint density at radius 3 is 2.76 bits per heavy atom. The summed E-state index contributed by atoms with van der Waals surface area (Å²) in [5.74, 6) is -0.195. The highest BCUT2D eigenvalue weighted by atomic mass is 19.1. The number of nitrogens with one attached hydrogen (secondary N) is 1. The maximum Gasteiger partial charge on any atom is 0.132 e. The van der Waals surface area contributed by atoms with Crippen LogP contribution in [0.3, 0.4) is 0 Å². The summed E-state index contributed by atoms with van der Waals surface area (Å²) < 4.78 is 16.1. The zero-order valence-electron chi connectivity index (χ0n) is 13.1. The summed E-state index contributed by atoms with van der Waals surface area (Å²) in [6, 6.07) is 7.44. The van der Waals surface area contributed by atoms with Gasteiger partial charge in [0, 0.05) is 24.3 Å². The van der Waals surface area contributed by atoms with Crippen molar-refractivity contribution in [2.24, 2.45) is 0 Å². The molecule has 114 valence electrons. The van der Waals surface area contributed by atoms with E-state index in [1.807, 2.05) is 22.9 Å². The molecule has 1 heterocycles. The van der Waals surface area contributed by atoms with Crippen LogP contribution in [0, 0.1) is 5.82 Å². The number of nitrogens with zero attached hydrogens (tertiary/aromatic N) is 2. The van der Waals surface area contributed by atoms with E-state index in [1.54, 1.807) is 12.3 Å². The molecule has 0 aliphatic heterocycles. The maximum absolute atomic E-state index is 14.2. The number of aryl methyl sites for hydroxylation is 1. The van der Waals surface area contributed by atoms with Gasteiger partial charge in [0.1, 0.15) is 5.82 Å². The minimum atomic E-state index is -0.195. The lowest BCUT2D eigenvalue weighted by Crippen LogP contribution is -2.19. The number of halogens is 1. The Bertz CT molecular complexity index is 577. The second-order valence-electron chi connectivity index (χ2n) is 5.35. The van der Waals surface area contributed by atoms with Crippen LogP contribution in [0.2, 0.25) is 0 Å². The quantitative estimate of drug-likeness (QED) is 0.829. The predicted octanol–water partition coefficient (Wildman–Crippen LogP) is 4.16. The third kappa shape index (κ3) is 3.70. The SMILES string of the molecule is CCCNC(C)c1ccc(F)c(-c2ccnn2CCC)c1. The normalized spacial score (nSPS) is 12.6. The minimum absolute atomic E-state index is 0.195. The Kier molecular flexibility index (Phi) is 5.51. The predicted molar refractivity (Wildman–Crippen MR) is 84.6 cm³/mol. The largest absolute Gasteiger partial charge is 0.310 e. The summed E-state index contributed by atoms with van der Waals surface area (Å²) in [4.78, 5) is 0. The molecule has 4 heteroatoms. The molecule has 0 aliphatic rings. The first-order valence-electron chi connectivity index (χ1n) is 7.72. The summed E-state index contributed by atoms with van der Waals surface area (Å²) in [5.41, 5.74) is 2.58. The van der Waals surface area contributed by atoms with Crippen molar-refractivity contribution >= 4 is 0 Å². The third-order valence-electron chi connectivity index (χ3n) is 3.62. The van der Waals surface area contributed by atoms with Gasteiger partial charge in [-0.1, -0.05) is 19.9 Å². The fourth-order valence-electron chi connectivity index (χ4n) is 2.44. The molecule has 0 aliphatic carbocycles. The molecule has 0 saturated heterocycles. The highest BCUT2D eigenvalue weighted by molar-refractivity contribution is 5.61. The van der Waals surface area contributed by atoms with Gasteiger partial charge in [0.05, 0.1) is 5.69 Å². The van der Waals surface area contributed by atoms with Gasteiger partial charge in [0.2, 0.25) is 0 Å². The van der Waals surface area contributed by atoms with Crippen molar-refractivity contribution in [2.45, 2.75) is 46.2 Å². The van der Waals surface area contributed by atoms with Gasteiger partial charge in [0.15, 0.2) is 0 Å². The van der Waals surface area contributed by atoms with Crippen LogP contribution in [0.15, 0.2) is 30.5 Å². The number of rotatable bonds is 7. The van der Waals surface area contributed by atoms with Gasteiger partial charge in [-0.3, -0.25) is 4.68 Å². The third-order valence-corrected chi connectivity index (χ3v) is 3.62. The van der Waals surface area contributed by atoms with Gasteiger partial charge in [-0.25, -0.2) is 4.39 Å². The summed E-state index contributed by atoms with van der Waals surface area (Å²) in [6.45, 7) is 8.10. The second kappa shape index (κ2) is 7.36. The molecule has 2 aromatic rings. The van der Waals surface area contributed by atoms with Crippen molar-refractivity contribution < 1.29 is 4.39 Å². The molecule has 1 N–H and O–H groups in total. The van der Waals surface area contributed by atoms with Crippen molar-refractivity contribution in [1.29, 1.82) is 0 Å².